The molecule has 18 heavy (non-hydrogen) atoms. The highest BCUT2D eigenvalue weighted by atomic mass is 19.2. The molecule has 1 N–H and O–H groups in total. The molecule has 0 unspecified atom stereocenters. The first-order valence-electron chi connectivity index (χ1n) is 5.03. The molecule has 0 bridgehead atoms. The third-order valence-corrected chi connectivity index (χ3v) is 2.40. The van der Waals surface area contributed by atoms with Crippen molar-refractivity contribution >= 4 is 11.4 Å². The highest BCUT2D eigenvalue weighted by Crippen LogP contribution is 2.27. The van der Waals surface area contributed by atoms with Gasteiger partial charge in [-0.3, -0.25) is 0 Å². The molecule has 0 aliphatic heterocycles. The topological polar surface area (TPSA) is 24.9 Å². The van der Waals surface area contributed by atoms with Gasteiger partial charge in [-0.05, 0) is 18.6 Å². The van der Waals surface area contributed by atoms with E-state index >= 15 is 0 Å². The van der Waals surface area contributed by atoms with Crippen LogP contribution in [0.5, 0.6) is 0 Å². The summed E-state index contributed by atoms with van der Waals surface area (Å²) in [6.45, 7) is 1.69. The molecule has 0 aliphatic carbocycles. The van der Waals surface area contributed by atoms with Crippen LogP contribution in [-0.4, -0.2) is 4.98 Å². The summed E-state index contributed by atoms with van der Waals surface area (Å²) in [4.78, 5) is 2.47. The quantitative estimate of drug-likeness (QED) is 0.654. The van der Waals surface area contributed by atoms with Gasteiger partial charge in [-0.15, -0.1) is 0 Å². The Labute approximate surface area is 100 Å². The molecule has 1 aromatic carbocycles. The molecule has 0 saturated carbocycles. The fourth-order valence-electron chi connectivity index (χ4n) is 1.44. The number of benzene rings is 1. The highest BCUT2D eigenvalue weighted by Gasteiger charge is 2.21. The molecule has 0 fully saturated rings. The summed E-state index contributed by atoms with van der Waals surface area (Å²) in [6.07, 6.45) is 0. The van der Waals surface area contributed by atoms with Gasteiger partial charge < -0.3 is 5.32 Å². The Morgan fingerprint density at radius 1 is 0.944 bits per heavy atom. The molecule has 6 heteroatoms. The lowest BCUT2D eigenvalue weighted by Gasteiger charge is -2.11. The zero-order chi connectivity index (χ0) is 13.3. The Morgan fingerprint density at radius 2 is 1.50 bits per heavy atom. The van der Waals surface area contributed by atoms with Crippen LogP contribution in [0.3, 0.4) is 0 Å². The van der Waals surface area contributed by atoms with Gasteiger partial charge >= 0.3 is 0 Å². The SMILES string of the molecule is Cc1ccccc1Nc1c(F)c(F)nc(F)c1F. The molecule has 0 aliphatic rings. The first-order valence-corrected chi connectivity index (χ1v) is 5.03. The van der Waals surface area contributed by atoms with Crippen molar-refractivity contribution in [3.05, 3.63) is 53.4 Å². The van der Waals surface area contributed by atoms with Crippen LogP contribution in [0.4, 0.5) is 28.9 Å². The van der Waals surface area contributed by atoms with Gasteiger partial charge in [0.25, 0.3) is 11.9 Å². The van der Waals surface area contributed by atoms with Gasteiger partial charge in [-0.1, -0.05) is 18.2 Å². The number of para-hydroxylation sites is 1. The van der Waals surface area contributed by atoms with Crippen molar-refractivity contribution in [1.29, 1.82) is 0 Å². The molecule has 2 rings (SSSR count). The summed E-state index contributed by atoms with van der Waals surface area (Å²) in [6, 6.07) is 6.57. The zero-order valence-corrected chi connectivity index (χ0v) is 9.27. The third kappa shape index (κ3) is 2.13. The molecule has 2 nitrogen and oxygen atoms in total. The Bertz CT molecular complexity index is 573. The van der Waals surface area contributed by atoms with E-state index in [1.54, 1.807) is 25.1 Å². The minimum Gasteiger partial charge on any atom is -0.350 e. The number of anilines is 2. The molecule has 94 valence electrons. The standard InChI is InChI=1S/C12H8F4N2/c1-6-4-2-3-5-7(6)17-10-8(13)11(15)18-12(16)9(10)14/h2-5H,1H3,(H,17,18). The number of halogens is 4. The molecule has 0 radical (unpaired) electrons. The summed E-state index contributed by atoms with van der Waals surface area (Å²) < 4.78 is 52.5. The molecule has 0 amide bonds. The number of hydrogen-bond donors (Lipinski definition) is 1. The first kappa shape index (κ1) is 12.3. The van der Waals surface area contributed by atoms with E-state index in [9.17, 15) is 17.6 Å². The lowest BCUT2D eigenvalue weighted by atomic mass is 10.2. The minimum absolute atomic E-state index is 0.347. The van der Waals surface area contributed by atoms with Crippen molar-refractivity contribution in [2.75, 3.05) is 5.32 Å². The Kier molecular flexibility index (Phi) is 3.18. The smallest absolute Gasteiger partial charge is 0.253 e. The van der Waals surface area contributed by atoms with Crippen LogP contribution >= 0.6 is 0 Å². The molecule has 0 spiro atoms. The van der Waals surface area contributed by atoms with E-state index < -0.39 is 29.2 Å². The molecular formula is C12H8F4N2. The van der Waals surface area contributed by atoms with Crippen LogP contribution in [0.2, 0.25) is 0 Å². The second-order valence-electron chi connectivity index (χ2n) is 3.64. The van der Waals surface area contributed by atoms with E-state index in [1.165, 1.54) is 6.07 Å². The first-order chi connectivity index (χ1) is 8.50. The number of nitrogens with zero attached hydrogens (tertiary/aromatic N) is 1. The maximum absolute atomic E-state index is 13.4. The summed E-state index contributed by atoms with van der Waals surface area (Å²) in [5, 5.41) is 2.32. The van der Waals surface area contributed by atoms with Gasteiger partial charge in [-0.25, -0.2) is 0 Å². The van der Waals surface area contributed by atoms with Crippen molar-refractivity contribution in [1.82, 2.24) is 4.98 Å². The predicted octanol–water partition coefficient (Wildman–Crippen LogP) is 3.69. The van der Waals surface area contributed by atoms with E-state index in [0.29, 0.717) is 11.3 Å². The number of nitrogens with one attached hydrogen (secondary N) is 1. The monoisotopic (exact) mass is 256 g/mol. The van der Waals surface area contributed by atoms with Gasteiger partial charge in [0, 0.05) is 5.69 Å². The average Bonchev–Trinajstić information content (AvgIpc) is 2.34. The molecule has 1 aromatic heterocycles. The molecular weight excluding hydrogens is 248 g/mol. The molecule has 0 saturated heterocycles. The number of aromatic nitrogens is 1. The summed E-state index contributed by atoms with van der Waals surface area (Å²) >= 11 is 0. The van der Waals surface area contributed by atoms with E-state index in [2.05, 4.69) is 10.3 Å². The van der Waals surface area contributed by atoms with Crippen molar-refractivity contribution in [2.24, 2.45) is 0 Å². The molecule has 0 atom stereocenters. The lowest BCUT2D eigenvalue weighted by molar-refractivity contribution is 0.411. The Balaban J connectivity index is 2.50. The van der Waals surface area contributed by atoms with Crippen molar-refractivity contribution in [3.8, 4) is 0 Å². The van der Waals surface area contributed by atoms with E-state index in [0.717, 1.165) is 0 Å². The van der Waals surface area contributed by atoms with Crippen molar-refractivity contribution in [2.45, 2.75) is 6.92 Å². The van der Waals surface area contributed by atoms with Crippen LogP contribution in [-0.2, 0) is 0 Å². The van der Waals surface area contributed by atoms with Crippen LogP contribution in [0, 0.1) is 30.5 Å². The zero-order valence-electron chi connectivity index (χ0n) is 9.27. The number of aryl methyl sites for hydroxylation is 1. The summed E-state index contributed by atoms with van der Waals surface area (Å²) in [7, 11) is 0. The summed E-state index contributed by atoms with van der Waals surface area (Å²) in [5.74, 6) is -6.50. The Morgan fingerprint density at radius 3 is 2.06 bits per heavy atom. The maximum atomic E-state index is 13.4. The van der Waals surface area contributed by atoms with E-state index in [1.807, 2.05) is 0 Å². The van der Waals surface area contributed by atoms with Gasteiger partial charge in [0.15, 0.2) is 0 Å². The molecule has 2 aromatic rings. The second kappa shape index (κ2) is 4.64. The van der Waals surface area contributed by atoms with Crippen molar-refractivity contribution < 1.29 is 17.6 Å². The number of rotatable bonds is 2. The van der Waals surface area contributed by atoms with Gasteiger partial charge in [0.2, 0.25) is 11.6 Å². The highest BCUT2D eigenvalue weighted by molar-refractivity contribution is 5.63. The molecule has 1 heterocycles. The van der Waals surface area contributed by atoms with Gasteiger partial charge in [0.1, 0.15) is 5.69 Å². The summed E-state index contributed by atoms with van der Waals surface area (Å²) in [5.41, 5.74) is 0.128. The van der Waals surface area contributed by atoms with E-state index in [-0.39, 0.29) is 0 Å². The van der Waals surface area contributed by atoms with Crippen molar-refractivity contribution in [3.63, 3.8) is 0 Å². The fourth-order valence-corrected chi connectivity index (χ4v) is 1.44. The van der Waals surface area contributed by atoms with E-state index in [4.69, 9.17) is 0 Å². The second-order valence-corrected chi connectivity index (χ2v) is 3.64. The van der Waals surface area contributed by atoms with Gasteiger partial charge in [0.05, 0.1) is 0 Å². The number of pyridine rings is 1. The van der Waals surface area contributed by atoms with Crippen LogP contribution in [0.1, 0.15) is 5.56 Å². The lowest BCUT2D eigenvalue weighted by Crippen LogP contribution is -2.06. The van der Waals surface area contributed by atoms with Crippen LogP contribution in [0.15, 0.2) is 24.3 Å². The number of hydrogen-bond acceptors (Lipinski definition) is 2. The Hall–Kier alpha value is -2.11. The fraction of sp³-hybridized carbons (Fsp3) is 0.0833. The normalized spacial score (nSPS) is 10.5. The average molecular weight is 256 g/mol. The van der Waals surface area contributed by atoms with Gasteiger partial charge in [-0.2, -0.15) is 22.5 Å². The van der Waals surface area contributed by atoms with Crippen LogP contribution in [0.25, 0.3) is 0 Å². The maximum Gasteiger partial charge on any atom is 0.253 e. The van der Waals surface area contributed by atoms with Crippen LogP contribution < -0.4 is 5.32 Å². The third-order valence-electron chi connectivity index (χ3n) is 2.40. The predicted molar refractivity (Wildman–Crippen MR) is 58.5 cm³/mol. The largest absolute Gasteiger partial charge is 0.350 e. The minimum atomic E-state index is -1.69.